The van der Waals surface area contributed by atoms with Crippen molar-refractivity contribution in [2.45, 2.75) is 0 Å². The van der Waals surface area contributed by atoms with Gasteiger partial charge in [0.25, 0.3) is 5.91 Å². The molecule has 0 unspecified atom stereocenters. The maximum Gasteiger partial charge on any atom is 0.283 e. The van der Waals surface area contributed by atoms with Crippen LogP contribution in [0.1, 0.15) is 20.8 Å². The van der Waals surface area contributed by atoms with Gasteiger partial charge in [0.2, 0.25) is 10.0 Å². The van der Waals surface area contributed by atoms with Gasteiger partial charge in [-0.25, -0.2) is 13.1 Å². The topological polar surface area (TPSA) is 93.2 Å². The Morgan fingerprint density at radius 3 is 2.73 bits per heavy atom. The first-order valence-electron chi connectivity index (χ1n) is 3.86. The standard InChI is InChI=1S/C8H8N2O4S/c1-15(13,14)10-8(12)7-4-6(5-11)2-3-9-7/h2-5H,1H3,(H,10,12). The van der Waals surface area contributed by atoms with E-state index in [1.807, 2.05) is 0 Å². The lowest BCUT2D eigenvalue weighted by Gasteiger charge is -2.01. The van der Waals surface area contributed by atoms with Crippen LogP contribution in [0, 0.1) is 0 Å². The lowest BCUT2D eigenvalue weighted by atomic mass is 10.2. The minimum Gasteiger partial charge on any atom is -0.298 e. The highest BCUT2D eigenvalue weighted by molar-refractivity contribution is 7.89. The average molecular weight is 228 g/mol. The highest BCUT2D eigenvalue weighted by atomic mass is 32.2. The molecule has 0 aromatic carbocycles. The average Bonchev–Trinajstić information content (AvgIpc) is 2.15. The lowest BCUT2D eigenvalue weighted by molar-refractivity contribution is 0.0977. The van der Waals surface area contributed by atoms with E-state index in [4.69, 9.17) is 0 Å². The molecule has 1 aromatic heterocycles. The maximum absolute atomic E-state index is 11.3. The van der Waals surface area contributed by atoms with E-state index in [1.54, 1.807) is 4.72 Å². The van der Waals surface area contributed by atoms with E-state index >= 15 is 0 Å². The van der Waals surface area contributed by atoms with Gasteiger partial charge < -0.3 is 0 Å². The quantitative estimate of drug-likeness (QED) is 0.709. The summed E-state index contributed by atoms with van der Waals surface area (Å²) < 4.78 is 23.2. The number of aromatic nitrogens is 1. The smallest absolute Gasteiger partial charge is 0.283 e. The number of aldehydes is 1. The minimum absolute atomic E-state index is 0.120. The third-order valence-corrected chi connectivity index (χ3v) is 1.99. The number of sulfonamides is 1. The van der Waals surface area contributed by atoms with Crippen molar-refractivity contribution in [3.63, 3.8) is 0 Å². The number of nitrogens with zero attached hydrogens (tertiary/aromatic N) is 1. The van der Waals surface area contributed by atoms with Crippen molar-refractivity contribution in [3.05, 3.63) is 29.6 Å². The van der Waals surface area contributed by atoms with Crippen LogP contribution in [-0.4, -0.2) is 31.9 Å². The highest BCUT2D eigenvalue weighted by Gasteiger charge is 2.12. The van der Waals surface area contributed by atoms with Crippen molar-refractivity contribution < 1.29 is 18.0 Å². The number of nitrogens with one attached hydrogen (secondary N) is 1. The summed E-state index contributed by atoms with van der Waals surface area (Å²) in [7, 11) is -3.62. The van der Waals surface area contributed by atoms with Gasteiger partial charge in [-0.05, 0) is 12.1 Å². The summed E-state index contributed by atoms with van der Waals surface area (Å²) in [4.78, 5) is 25.3. The molecule has 0 aliphatic carbocycles. The second kappa shape index (κ2) is 4.18. The van der Waals surface area contributed by atoms with Crippen LogP contribution in [0.15, 0.2) is 18.3 Å². The molecule has 15 heavy (non-hydrogen) atoms. The molecule has 0 bridgehead atoms. The molecule has 1 amide bonds. The predicted octanol–water partition coefficient (Wildman–Crippen LogP) is -0.417. The largest absolute Gasteiger partial charge is 0.298 e. The SMILES string of the molecule is CS(=O)(=O)NC(=O)c1cc(C=O)ccn1. The van der Waals surface area contributed by atoms with Gasteiger partial charge in [0.1, 0.15) is 12.0 Å². The van der Waals surface area contributed by atoms with Crippen molar-refractivity contribution in [1.82, 2.24) is 9.71 Å². The molecule has 0 saturated heterocycles. The van der Waals surface area contributed by atoms with Crippen molar-refractivity contribution >= 4 is 22.2 Å². The molecular formula is C8H8N2O4S. The van der Waals surface area contributed by atoms with Crippen molar-refractivity contribution in [2.75, 3.05) is 6.26 Å². The number of hydrogen-bond acceptors (Lipinski definition) is 5. The van der Waals surface area contributed by atoms with Gasteiger partial charge in [-0.3, -0.25) is 14.6 Å². The third-order valence-electron chi connectivity index (χ3n) is 1.43. The molecular weight excluding hydrogens is 220 g/mol. The van der Waals surface area contributed by atoms with Crippen LogP contribution in [-0.2, 0) is 10.0 Å². The molecule has 0 spiro atoms. The fourth-order valence-corrected chi connectivity index (χ4v) is 1.31. The summed E-state index contributed by atoms with van der Waals surface area (Å²) in [6.45, 7) is 0. The van der Waals surface area contributed by atoms with E-state index in [9.17, 15) is 18.0 Å². The van der Waals surface area contributed by atoms with Crippen LogP contribution in [0.25, 0.3) is 0 Å². The van der Waals surface area contributed by atoms with E-state index < -0.39 is 15.9 Å². The monoisotopic (exact) mass is 228 g/mol. The molecule has 1 heterocycles. The highest BCUT2D eigenvalue weighted by Crippen LogP contribution is 1.99. The zero-order valence-corrected chi connectivity index (χ0v) is 8.61. The molecule has 0 aliphatic rings. The summed E-state index contributed by atoms with van der Waals surface area (Å²) in [5.41, 5.74) is 0.133. The van der Waals surface area contributed by atoms with Gasteiger partial charge in [0.15, 0.2) is 0 Å². The molecule has 0 fully saturated rings. The molecule has 1 rings (SSSR count). The van der Waals surface area contributed by atoms with Crippen LogP contribution >= 0.6 is 0 Å². The van der Waals surface area contributed by atoms with E-state index in [1.165, 1.54) is 18.3 Å². The summed E-state index contributed by atoms with van der Waals surface area (Å²) in [6, 6.07) is 2.61. The van der Waals surface area contributed by atoms with Gasteiger partial charge in [-0.2, -0.15) is 0 Å². The number of carbonyl (C=O) groups is 2. The Morgan fingerprint density at radius 2 is 2.20 bits per heavy atom. The molecule has 0 atom stereocenters. The Labute approximate surface area is 86.4 Å². The zero-order valence-electron chi connectivity index (χ0n) is 7.80. The number of pyridine rings is 1. The first-order valence-corrected chi connectivity index (χ1v) is 5.75. The Bertz CT molecular complexity index is 495. The lowest BCUT2D eigenvalue weighted by Crippen LogP contribution is -2.30. The van der Waals surface area contributed by atoms with Gasteiger partial charge >= 0.3 is 0 Å². The number of amides is 1. The summed E-state index contributed by atoms with van der Waals surface area (Å²) >= 11 is 0. The Morgan fingerprint density at radius 1 is 1.53 bits per heavy atom. The third kappa shape index (κ3) is 3.47. The molecule has 0 saturated carbocycles. The zero-order chi connectivity index (χ0) is 11.5. The van der Waals surface area contributed by atoms with Crippen LogP contribution in [0.3, 0.4) is 0 Å². The summed E-state index contributed by atoms with van der Waals surface area (Å²) in [5.74, 6) is -0.860. The molecule has 80 valence electrons. The van der Waals surface area contributed by atoms with Crippen LogP contribution in [0.4, 0.5) is 0 Å². The van der Waals surface area contributed by atoms with Gasteiger partial charge in [-0.15, -0.1) is 0 Å². The van der Waals surface area contributed by atoms with E-state index in [0.29, 0.717) is 6.29 Å². The number of carbonyl (C=O) groups excluding carboxylic acids is 2. The van der Waals surface area contributed by atoms with Gasteiger partial charge in [0.05, 0.1) is 6.26 Å². The van der Waals surface area contributed by atoms with Crippen molar-refractivity contribution in [2.24, 2.45) is 0 Å². The van der Waals surface area contributed by atoms with Gasteiger partial charge in [-0.1, -0.05) is 0 Å². The second-order valence-corrected chi connectivity index (χ2v) is 4.54. The molecule has 1 N–H and O–H groups in total. The molecule has 1 aromatic rings. The fraction of sp³-hybridized carbons (Fsp3) is 0.125. The van der Waals surface area contributed by atoms with E-state index in [-0.39, 0.29) is 11.3 Å². The van der Waals surface area contributed by atoms with E-state index in [2.05, 4.69) is 4.98 Å². The summed E-state index contributed by atoms with van der Waals surface area (Å²) in [5, 5.41) is 0. The minimum atomic E-state index is -3.62. The van der Waals surface area contributed by atoms with Crippen LogP contribution < -0.4 is 4.72 Å². The second-order valence-electron chi connectivity index (χ2n) is 2.80. The predicted molar refractivity (Wildman–Crippen MR) is 51.9 cm³/mol. The first-order chi connectivity index (χ1) is 6.92. The first kappa shape index (κ1) is 11.3. The fourth-order valence-electron chi connectivity index (χ4n) is 0.865. The molecule has 6 nitrogen and oxygen atoms in total. The van der Waals surface area contributed by atoms with Crippen LogP contribution in [0.5, 0.6) is 0 Å². The van der Waals surface area contributed by atoms with Crippen molar-refractivity contribution in [1.29, 1.82) is 0 Å². The van der Waals surface area contributed by atoms with Crippen molar-refractivity contribution in [3.8, 4) is 0 Å². The van der Waals surface area contributed by atoms with Crippen LogP contribution in [0.2, 0.25) is 0 Å². The number of hydrogen-bond donors (Lipinski definition) is 1. The Kier molecular flexibility index (Phi) is 3.15. The molecule has 0 radical (unpaired) electrons. The number of rotatable bonds is 3. The molecule has 7 heteroatoms. The maximum atomic E-state index is 11.3. The van der Waals surface area contributed by atoms with E-state index in [0.717, 1.165) is 6.26 Å². The van der Waals surface area contributed by atoms with Gasteiger partial charge in [0, 0.05) is 11.8 Å². The normalized spacial score (nSPS) is 10.7. The molecule has 0 aliphatic heterocycles. The Hall–Kier alpha value is -1.76. The summed E-state index contributed by atoms with van der Waals surface area (Å²) in [6.07, 6.45) is 2.65. The Balaban J connectivity index is 2.96.